The number of rotatable bonds is 6. The van der Waals surface area contributed by atoms with Gasteiger partial charge in [-0.05, 0) is 38.8 Å². The molecule has 7 heteroatoms. The van der Waals surface area contributed by atoms with Gasteiger partial charge >= 0.3 is 6.09 Å². The monoisotopic (exact) mass is 348 g/mol. The molecule has 1 aliphatic rings. The summed E-state index contributed by atoms with van der Waals surface area (Å²) in [6.07, 6.45) is 1.35. The molecule has 0 aliphatic carbocycles. The van der Waals surface area contributed by atoms with Crippen LogP contribution in [0.1, 0.15) is 26.7 Å². The van der Waals surface area contributed by atoms with Crippen molar-refractivity contribution in [2.24, 2.45) is 10.7 Å². The van der Waals surface area contributed by atoms with Crippen molar-refractivity contribution in [1.82, 2.24) is 10.2 Å². The number of aliphatic imine (C=N–C) groups is 1. The molecule has 0 aromatic heterocycles. The molecular weight excluding hydrogens is 320 g/mol. The summed E-state index contributed by atoms with van der Waals surface area (Å²) in [4.78, 5) is 17.8. The molecule has 1 heterocycles. The van der Waals surface area contributed by atoms with Crippen LogP contribution in [0.25, 0.3) is 0 Å². The lowest BCUT2D eigenvalue weighted by Crippen LogP contribution is -2.48. The first-order valence-corrected chi connectivity index (χ1v) is 8.78. The zero-order valence-corrected chi connectivity index (χ0v) is 15.0. The van der Waals surface area contributed by atoms with E-state index in [1.54, 1.807) is 4.90 Å². The fourth-order valence-corrected chi connectivity index (χ4v) is 2.67. The molecule has 0 radical (unpaired) electrons. The average Bonchev–Trinajstić information content (AvgIpc) is 2.62. The van der Waals surface area contributed by atoms with Crippen molar-refractivity contribution in [2.75, 3.05) is 26.2 Å². The maximum Gasteiger partial charge on any atom is 0.409 e. The Kier molecular flexibility index (Phi) is 7.37. The second kappa shape index (κ2) is 9.76. The Morgan fingerprint density at radius 3 is 2.68 bits per heavy atom. The van der Waals surface area contributed by atoms with Gasteiger partial charge in [-0.25, -0.2) is 9.79 Å². The summed E-state index contributed by atoms with van der Waals surface area (Å²) in [5.41, 5.74) is 5.97. The fourth-order valence-electron chi connectivity index (χ4n) is 2.67. The molecule has 1 amide bonds. The van der Waals surface area contributed by atoms with Gasteiger partial charge in [-0.2, -0.15) is 0 Å². The molecule has 2 rings (SSSR count). The zero-order chi connectivity index (χ0) is 18.1. The summed E-state index contributed by atoms with van der Waals surface area (Å²) in [6.45, 7) is 5.98. The number of amides is 1. The highest BCUT2D eigenvalue weighted by Gasteiger charge is 2.23. The van der Waals surface area contributed by atoms with Crippen LogP contribution in [0.2, 0.25) is 0 Å². The van der Waals surface area contributed by atoms with Crippen LogP contribution in [0, 0.1) is 0 Å². The zero-order valence-electron chi connectivity index (χ0n) is 15.0. The molecule has 1 aromatic carbocycles. The SMILES string of the molecule is CCOC(=O)N1CCC(NC(N)=NCC(C)Oc2ccccc2)CC1. The van der Waals surface area contributed by atoms with Crippen LogP contribution in [-0.4, -0.2) is 55.3 Å². The van der Waals surface area contributed by atoms with Crippen molar-refractivity contribution in [2.45, 2.75) is 38.8 Å². The van der Waals surface area contributed by atoms with Gasteiger partial charge in [0.2, 0.25) is 0 Å². The van der Waals surface area contributed by atoms with Gasteiger partial charge in [0.1, 0.15) is 11.9 Å². The number of para-hydroxylation sites is 1. The Morgan fingerprint density at radius 2 is 2.04 bits per heavy atom. The van der Waals surface area contributed by atoms with E-state index in [1.807, 2.05) is 44.2 Å². The van der Waals surface area contributed by atoms with E-state index < -0.39 is 0 Å². The van der Waals surface area contributed by atoms with Crippen LogP contribution >= 0.6 is 0 Å². The van der Waals surface area contributed by atoms with Crippen molar-refractivity contribution < 1.29 is 14.3 Å². The van der Waals surface area contributed by atoms with E-state index >= 15 is 0 Å². The number of nitrogens with zero attached hydrogens (tertiary/aromatic N) is 2. The number of carbonyl (C=O) groups is 1. The lowest BCUT2D eigenvalue weighted by Gasteiger charge is -2.31. The first kappa shape index (κ1) is 18.9. The Balaban J connectivity index is 1.70. The summed E-state index contributed by atoms with van der Waals surface area (Å²) in [6, 6.07) is 9.87. The number of piperidine rings is 1. The Labute approximate surface area is 149 Å². The number of nitrogens with two attached hydrogens (primary N) is 1. The molecule has 1 saturated heterocycles. The molecule has 3 N–H and O–H groups in total. The summed E-state index contributed by atoms with van der Waals surface area (Å²) in [5.74, 6) is 1.24. The molecule has 25 heavy (non-hydrogen) atoms. The number of hydrogen-bond acceptors (Lipinski definition) is 4. The first-order chi connectivity index (χ1) is 12.1. The van der Waals surface area contributed by atoms with Crippen LogP contribution in [0.4, 0.5) is 4.79 Å². The van der Waals surface area contributed by atoms with E-state index in [4.69, 9.17) is 15.2 Å². The van der Waals surface area contributed by atoms with Gasteiger partial charge < -0.3 is 25.4 Å². The standard InChI is InChI=1S/C18H28N4O3/c1-3-24-18(23)22-11-9-15(10-12-22)21-17(19)20-13-14(2)25-16-7-5-4-6-8-16/h4-8,14-15H,3,9-13H2,1-2H3,(H3,19,20,21). The lowest BCUT2D eigenvalue weighted by molar-refractivity contribution is 0.0963. The van der Waals surface area contributed by atoms with Crippen molar-refractivity contribution in [3.05, 3.63) is 30.3 Å². The van der Waals surface area contributed by atoms with Gasteiger partial charge in [-0.1, -0.05) is 18.2 Å². The molecule has 1 aliphatic heterocycles. The molecule has 0 bridgehead atoms. The predicted molar refractivity (Wildman–Crippen MR) is 97.8 cm³/mol. The number of hydrogen-bond donors (Lipinski definition) is 2. The van der Waals surface area contributed by atoms with Gasteiger partial charge in [0.25, 0.3) is 0 Å². The fraction of sp³-hybridized carbons (Fsp3) is 0.556. The lowest BCUT2D eigenvalue weighted by atomic mass is 10.1. The number of guanidine groups is 1. The molecule has 1 fully saturated rings. The molecular formula is C18H28N4O3. The number of benzene rings is 1. The first-order valence-electron chi connectivity index (χ1n) is 8.78. The normalized spacial score (nSPS) is 17.0. The van der Waals surface area contributed by atoms with Crippen LogP contribution in [0.3, 0.4) is 0 Å². The molecule has 1 atom stereocenters. The van der Waals surface area contributed by atoms with Crippen LogP contribution in [-0.2, 0) is 4.74 Å². The van der Waals surface area contributed by atoms with Gasteiger partial charge in [-0.15, -0.1) is 0 Å². The smallest absolute Gasteiger partial charge is 0.409 e. The van der Waals surface area contributed by atoms with E-state index in [0.29, 0.717) is 32.2 Å². The molecule has 0 spiro atoms. The topological polar surface area (TPSA) is 89.2 Å². The second-order valence-electron chi connectivity index (χ2n) is 6.07. The maximum atomic E-state index is 11.7. The van der Waals surface area contributed by atoms with Gasteiger partial charge in [0.15, 0.2) is 5.96 Å². The van der Waals surface area contributed by atoms with Crippen LogP contribution in [0.5, 0.6) is 5.75 Å². The van der Waals surface area contributed by atoms with E-state index in [9.17, 15) is 4.79 Å². The number of ether oxygens (including phenoxy) is 2. The summed E-state index contributed by atoms with van der Waals surface area (Å²) < 4.78 is 10.8. The third-order valence-electron chi connectivity index (χ3n) is 3.97. The third kappa shape index (κ3) is 6.52. The largest absolute Gasteiger partial charge is 0.489 e. The summed E-state index contributed by atoms with van der Waals surface area (Å²) in [5, 5.41) is 3.22. The van der Waals surface area contributed by atoms with Crippen molar-refractivity contribution in [1.29, 1.82) is 0 Å². The van der Waals surface area contributed by atoms with Crippen LogP contribution < -0.4 is 15.8 Å². The Bertz CT molecular complexity index is 557. The highest BCUT2D eigenvalue weighted by molar-refractivity contribution is 5.78. The van der Waals surface area contributed by atoms with E-state index in [2.05, 4.69) is 10.3 Å². The highest BCUT2D eigenvalue weighted by atomic mass is 16.6. The predicted octanol–water partition coefficient (Wildman–Crippen LogP) is 1.98. The molecule has 138 valence electrons. The molecule has 0 saturated carbocycles. The summed E-state index contributed by atoms with van der Waals surface area (Å²) >= 11 is 0. The van der Waals surface area contributed by atoms with Gasteiger partial charge in [-0.3, -0.25) is 0 Å². The third-order valence-corrected chi connectivity index (χ3v) is 3.97. The Morgan fingerprint density at radius 1 is 1.36 bits per heavy atom. The van der Waals surface area contributed by atoms with Crippen molar-refractivity contribution >= 4 is 12.1 Å². The second-order valence-corrected chi connectivity index (χ2v) is 6.07. The van der Waals surface area contributed by atoms with E-state index in [0.717, 1.165) is 18.6 Å². The quantitative estimate of drug-likeness (QED) is 0.606. The van der Waals surface area contributed by atoms with Gasteiger partial charge in [0.05, 0.1) is 13.2 Å². The van der Waals surface area contributed by atoms with Crippen molar-refractivity contribution in [3.63, 3.8) is 0 Å². The minimum Gasteiger partial charge on any atom is -0.489 e. The maximum absolute atomic E-state index is 11.7. The molecule has 7 nitrogen and oxygen atoms in total. The Hall–Kier alpha value is -2.44. The summed E-state index contributed by atoms with van der Waals surface area (Å²) in [7, 11) is 0. The van der Waals surface area contributed by atoms with E-state index in [1.165, 1.54) is 0 Å². The average molecular weight is 348 g/mol. The minimum atomic E-state index is -0.241. The van der Waals surface area contributed by atoms with Gasteiger partial charge in [0, 0.05) is 19.1 Å². The van der Waals surface area contributed by atoms with E-state index in [-0.39, 0.29) is 18.2 Å². The molecule has 1 unspecified atom stereocenters. The highest BCUT2D eigenvalue weighted by Crippen LogP contribution is 2.12. The van der Waals surface area contributed by atoms with Crippen molar-refractivity contribution in [3.8, 4) is 5.75 Å². The number of likely N-dealkylation sites (tertiary alicyclic amines) is 1. The minimum absolute atomic E-state index is 0.0617. The van der Waals surface area contributed by atoms with Crippen LogP contribution in [0.15, 0.2) is 35.3 Å². The molecule has 1 aromatic rings. The number of nitrogens with one attached hydrogen (secondary N) is 1. The number of carbonyl (C=O) groups excluding carboxylic acids is 1.